The smallest absolute Gasteiger partial charge is 0.330 e. The molecule has 0 aliphatic heterocycles. The maximum Gasteiger partial charge on any atom is 0.433 e. The predicted octanol–water partition coefficient (Wildman–Crippen LogP) is 6.38. The summed E-state index contributed by atoms with van der Waals surface area (Å²) in [5.41, 5.74) is -3.62. The van der Waals surface area contributed by atoms with E-state index in [0.29, 0.717) is 17.0 Å². The van der Waals surface area contributed by atoms with Crippen molar-refractivity contribution < 1.29 is 26.3 Å². The number of aromatic nitrogens is 4. The number of alkyl halides is 6. The van der Waals surface area contributed by atoms with E-state index in [9.17, 15) is 26.3 Å². The first-order valence-corrected chi connectivity index (χ1v) is 10.7. The van der Waals surface area contributed by atoms with Gasteiger partial charge < -0.3 is 5.32 Å². The van der Waals surface area contributed by atoms with Crippen LogP contribution in [-0.2, 0) is 12.4 Å². The van der Waals surface area contributed by atoms with Crippen molar-refractivity contribution >= 4 is 34.2 Å². The molecular formula is C21H17F6N5S. The van der Waals surface area contributed by atoms with Crippen LogP contribution in [0.1, 0.15) is 49.3 Å². The molecule has 0 fully saturated rings. The van der Waals surface area contributed by atoms with Crippen LogP contribution >= 0.6 is 11.8 Å². The van der Waals surface area contributed by atoms with E-state index in [2.05, 4.69) is 31.3 Å². The molecule has 0 saturated carbocycles. The molecule has 0 spiro atoms. The minimum Gasteiger partial charge on any atom is -0.330 e. The van der Waals surface area contributed by atoms with Gasteiger partial charge in [0.25, 0.3) is 0 Å². The van der Waals surface area contributed by atoms with Gasteiger partial charge in [-0.05, 0) is 36.4 Å². The van der Waals surface area contributed by atoms with Crippen LogP contribution in [0.25, 0.3) is 16.5 Å². The van der Waals surface area contributed by atoms with Gasteiger partial charge in [-0.15, -0.1) is 0 Å². The number of hydrogen-bond donors (Lipinski definition) is 1. The standard InChI is InChI=1S/C21H17F6N5S/c1-10(2)17-30-18(32-19(31-17)33-4)28-9-11(3)13-8-15(21(25,26)27)29-16-12(13)6-5-7-14(16)20(22,23)24/h6,8-10H,1-4H3,(H,28,30,31,32)/b11-9+. The number of nitrogens with zero attached hydrogens (tertiary/aromatic N) is 4. The lowest BCUT2D eigenvalue weighted by Gasteiger charge is -2.14. The normalized spacial score (nSPS) is 12.9. The van der Waals surface area contributed by atoms with E-state index in [0.717, 1.165) is 6.07 Å². The molecule has 3 rings (SSSR count). The topological polar surface area (TPSA) is 63.6 Å². The summed E-state index contributed by atoms with van der Waals surface area (Å²) in [6.07, 6.45) is -6.81. The quantitative estimate of drug-likeness (QED) is 0.334. The van der Waals surface area contributed by atoms with E-state index in [1.807, 2.05) is 19.9 Å². The van der Waals surface area contributed by atoms with Crippen LogP contribution in [0.2, 0.25) is 0 Å². The average molecular weight is 485 g/mol. The lowest BCUT2D eigenvalue weighted by molar-refractivity contribution is -0.142. The Kier molecular flexibility index (Phi) is 6.74. The summed E-state index contributed by atoms with van der Waals surface area (Å²) >= 11 is 1.29. The van der Waals surface area contributed by atoms with Crippen molar-refractivity contribution in [1.29, 1.82) is 0 Å². The first-order valence-electron chi connectivity index (χ1n) is 9.46. The molecule has 1 N–H and O–H groups in total. The van der Waals surface area contributed by atoms with Crippen molar-refractivity contribution in [3.63, 3.8) is 0 Å². The molecule has 0 aliphatic carbocycles. The Morgan fingerprint density at radius 1 is 1.06 bits per heavy atom. The van der Waals surface area contributed by atoms with E-state index in [1.165, 1.54) is 24.9 Å². The summed E-state index contributed by atoms with van der Waals surface area (Å²) in [6.45, 7) is 5.22. The van der Waals surface area contributed by atoms with Gasteiger partial charge in [-0.3, -0.25) is 0 Å². The number of hydrogen-bond acceptors (Lipinski definition) is 6. The molecule has 0 amide bonds. The summed E-state index contributed by atoms with van der Waals surface area (Å²) < 4.78 is 80.4. The highest BCUT2D eigenvalue weighted by Gasteiger charge is 2.37. The molecular weight excluding hydrogens is 468 g/mol. The summed E-state index contributed by atoms with van der Waals surface area (Å²) in [6, 6.07) is 5.88. The van der Waals surface area contributed by atoms with E-state index >= 15 is 0 Å². The molecule has 2 heterocycles. The molecule has 174 valence electrons. The van der Waals surface area contributed by atoms with Crippen LogP contribution in [0.5, 0.6) is 0 Å². The van der Waals surface area contributed by atoms with Crippen LogP contribution in [0.3, 0.4) is 0 Å². The highest BCUT2D eigenvalue weighted by Crippen LogP contribution is 2.38. The van der Waals surface area contributed by atoms with Gasteiger partial charge in [0, 0.05) is 17.5 Å². The van der Waals surface area contributed by atoms with Crippen molar-refractivity contribution in [2.24, 2.45) is 0 Å². The molecule has 5 nitrogen and oxygen atoms in total. The number of allylic oxidation sites excluding steroid dienone is 1. The fourth-order valence-electron chi connectivity index (χ4n) is 2.84. The largest absolute Gasteiger partial charge is 0.433 e. The van der Waals surface area contributed by atoms with E-state index < -0.39 is 29.1 Å². The molecule has 33 heavy (non-hydrogen) atoms. The van der Waals surface area contributed by atoms with Crippen LogP contribution in [0.4, 0.5) is 32.3 Å². The number of nitrogens with one attached hydrogen (secondary N) is 1. The number of rotatable bonds is 5. The highest BCUT2D eigenvalue weighted by molar-refractivity contribution is 7.98. The van der Waals surface area contributed by atoms with Crippen molar-refractivity contribution in [1.82, 2.24) is 19.9 Å². The van der Waals surface area contributed by atoms with Crippen LogP contribution in [-0.4, -0.2) is 26.2 Å². The number of pyridine rings is 1. The molecule has 0 unspecified atom stereocenters. The Morgan fingerprint density at radius 3 is 2.33 bits per heavy atom. The van der Waals surface area contributed by atoms with Gasteiger partial charge in [0.2, 0.25) is 5.95 Å². The Balaban J connectivity index is 2.14. The maximum atomic E-state index is 13.4. The van der Waals surface area contributed by atoms with E-state index in [-0.39, 0.29) is 28.4 Å². The Bertz CT molecular complexity index is 1200. The minimum atomic E-state index is -4.95. The van der Waals surface area contributed by atoms with Gasteiger partial charge in [0.05, 0.1) is 5.52 Å². The first kappa shape index (κ1) is 24.6. The Morgan fingerprint density at radius 2 is 1.76 bits per heavy atom. The second-order valence-electron chi connectivity index (χ2n) is 7.23. The zero-order valence-corrected chi connectivity index (χ0v) is 18.6. The second kappa shape index (κ2) is 9.05. The summed E-state index contributed by atoms with van der Waals surface area (Å²) in [7, 11) is 0. The van der Waals surface area contributed by atoms with Crippen molar-refractivity contribution in [3.05, 3.63) is 53.1 Å². The van der Waals surface area contributed by atoms with Crippen LogP contribution < -0.4 is 5.32 Å². The molecule has 0 radical (unpaired) electrons. The van der Waals surface area contributed by atoms with Gasteiger partial charge in [-0.25, -0.2) is 9.97 Å². The predicted molar refractivity (Wildman–Crippen MR) is 112 cm³/mol. The van der Waals surface area contributed by atoms with Gasteiger partial charge in [0.15, 0.2) is 5.16 Å². The highest BCUT2D eigenvalue weighted by atomic mass is 32.2. The van der Waals surface area contributed by atoms with Crippen LogP contribution in [0.15, 0.2) is 23.5 Å². The molecule has 2 aromatic heterocycles. The fraction of sp³-hybridized carbons (Fsp3) is 0.333. The molecule has 0 aliphatic rings. The zero-order chi connectivity index (χ0) is 24.6. The number of anilines is 1. The zero-order valence-electron chi connectivity index (χ0n) is 17.8. The third kappa shape index (κ3) is 5.47. The van der Waals surface area contributed by atoms with Gasteiger partial charge in [0.1, 0.15) is 17.1 Å². The van der Waals surface area contributed by atoms with Crippen molar-refractivity contribution in [3.8, 4) is 0 Å². The second-order valence-corrected chi connectivity index (χ2v) is 8.01. The molecule has 0 atom stereocenters. The summed E-state index contributed by atoms with van der Waals surface area (Å²) in [5.74, 6) is 0.662. The van der Waals surface area contributed by atoms with E-state index in [1.54, 1.807) is 6.26 Å². The van der Waals surface area contributed by atoms with Crippen molar-refractivity contribution in [2.75, 3.05) is 11.6 Å². The number of halogens is 6. The van der Waals surface area contributed by atoms with Gasteiger partial charge in [-0.1, -0.05) is 37.7 Å². The first-order chi connectivity index (χ1) is 15.3. The average Bonchev–Trinajstić information content (AvgIpc) is 2.74. The maximum absolute atomic E-state index is 13.4. The third-order valence-corrected chi connectivity index (χ3v) is 5.00. The third-order valence-electron chi connectivity index (χ3n) is 4.46. The van der Waals surface area contributed by atoms with Crippen molar-refractivity contribution in [2.45, 2.75) is 44.2 Å². The van der Waals surface area contributed by atoms with Gasteiger partial charge >= 0.3 is 12.4 Å². The molecule has 0 saturated heterocycles. The van der Waals surface area contributed by atoms with Crippen LogP contribution in [0, 0.1) is 12.1 Å². The molecule has 3 aromatic rings. The summed E-state index contributed by atoms with van der Waals surface area (Å²) in [4.78, 5) is 16.0. The summed E-state index contributed by atoms with van der Waals surface area (Å²) in [5, 5.41) is 3.10. The monoisotopic (exact) mass is 485 g/mol. The van der Waals surface area contributed by atoms with Gasteiger partial charge in [-0.2, -0.15) is 36.3 Å². The lowest BCUT2D eigenvalue weighted by Crippen LogP contribution is -2.12. The SMILES string of the molecule is CSc1nc(N/C=C(\C)c2cc(C(F)(F)F)nc3c(C(F)(F)F)c#ccc23)nc(C(C)C)n1. The molecule has 1 aromatic carbocycles. The fourth-order valence-corrected chi connectivity index (χ4v) is 3.21. The number of thioether (sulfide) groups is 1. The molecule has 0 bridgehead atoms. The Labute approximate surface area is 189 Å². The molecule has 12 heteroatoms. The van der Waals surface area contributed by atoms with E-state index in [4.69, 9.17) is 0 Å². The number of fused-ring (bicyclic) bond motifs is 1. The lowest BCUT2D eigenvalue weighted by atomic mass is 10.00. The minimum absolute atomic E-state index is 0.00408. The Hall–Kier alpha value is -3.07.